The van der Waals surface area contributed by atoms with Gasteiger partial charge in [-0.2, -0.15) is 0 Å². The van der Waals surface area contributed by atoms with Crippen LogP contribution in [0.2, 0.25) is 0 Å². The molecule has 0 aliphatic rings. The molecule has 7 heteroatoms. The Morgan fingerprint density at radius 3 is 2.78 bits per heavy atom. The van der Waals surface area contributed by atoms with Crippen LogP contribution in [-0.4, -0.2) is 22.0 Å². The predicted molar refractivity (Wildman–Crippen MR) is 71.2 cm³/mol. The summed E-state index contributed by atoms with van der Waals surface area (Å²) in [4.78, 5) is 26.3. The highest BCUT2D eigenvalue weighted by atomic mass is 79.9. The SMILES string of the molecule is O=C(Nc1cccc(C(=O)O)n1)c1csc(Br)c1. The van der Waals surface area contributed by atoms with Crippen LogP contribution in [0.4, 0.5) is 5.82 Å². The van der Waals surface area contributed by atoms with Gasteiger partial charge in [0.25, 0.3) is 5.91 Å². The van der Waals surface area contributed by atoms with E-state index in [0.717, 1.165) is 3.79 Å². The first-order valence-electron chi connectivity index (χ1n) is 4.82. The number of nitrogens with one attached hydrogen (secondary N) is 1. The highest BCUT2D eigenvalue weighted by Crippen LogP contribution is 2.21. The summed E-state index contributed by atoms with van der Waals surface area (Å²) in [5.74, 6) is -1.25. The van der Waals surface area contributed by atoms with E-state index in [1.165, 1.54) is 29.5 Å². The van der Waals surface area contributed by atoms with Gasteiger partial charge in [-0.15, -0.1) is 11.3 Å². The summed E-state index contributed by atoms with van der Waals surface area (Å²) in [7, 11) is 0. The van der Waals surface area contributed by atoms with Crippen LogP contribution in [0.5, 0.6) is 0 Å². The fraction of sp³-hybridized carbons (Fsp3) is 0. The Bertz CT molecular complexity index is 612. The molecule has 2 aromatic heterocycles. The Morgan fingerprint density at radius 2 is 2.17 bits per heavy atom. The van der Waals surface area contributed by atoms with E-state index in [0.29, 0.717) is 5.56 Å². The molecule has 2 rings (SSSR count). The van der Waals surface area contributed by atoms with Gasteiger partial charge in [0.2, 0.25) is 0 Å². The van der Waals surface area contributed by atoms with E-state index < -0.39 is 5.97 Å². The van der Waals surface area contributed by atoms with E-state index in [-0.39, 0.29) is 17.4 Å². The molecule has 2 N–H and O–H groups in total. The number of pyridine rings is 1. The van der Waals surface area contributed by atoms with Gasteiger partial charge in [0.05, 0.1) is 9.35 Å². The number of nitrogens with zero attached hydrogens (tertiary/aromatic N) is 1. The van der Waals surface area contributed by atoms with Crippen molar-refractivity contribution in [3.8, 4) is 0 Å². The van der Waals surface area contributed by atoms with Crippen molar-refractivity contribution in [3.05, 3.63) is 44.7 Å². The van der Waals surface area contributed by atoms with Gasteiger partial charge in [-0.1, -0.05) is 6.07 Å². The van der Waals surface area contributed by atoms with Gasteiger partial charge in [0.15, 0.2) is 5.69 Å². The Hall–Kier alpha value is -1.73. The van der Waals surface area contributed by atoms with Gasteiger partial charge in [-0.3, -0.25) is 4.79 Å². The molecule has 18 heavy (non-hydrogen) atoms. The van der Waals surface area contributed by atoms with Gasteiger partial charge in [-0.25, -0.2) is 9.78 Å². The lowest BCUT2D eigenvalue weighted by Gasteiger charge is -2.03. The second kappa shape index (κ2) is 5.28. The summed E-state index contributed by atoms with van der Waals surface area (Å²) >= 11 is 4.65. The molecule has 0 radical (unpaired) electrons. The standard InChI is InChI=1S/C11H7BrN2O3S/c12-8-4-6(5-18-8)10(15)14-9-3-1-2-7(13-9)11(16)17/h1-5H,(H,16,17)(H,13,14,15). The van der Waals surface area contributed by atoms with E-state index in [4.69, 9.17) is 5.11 Å². The zero-order valence-corrected chi connectivity index (χ0v) is 11.3. The highest BCUT2D eigenvalue weighted by molar-refractivity contribution is 9.11. The zero-order valence-electron chi connectivity index (χ0n) is 8.88. The summed E-state index contributed by atoms with van der Waals surface area (Å²) in [6, 6.07) is 6.10. The van der Waals surface area contributed by atoms with Crippen molar-refractivity contribution in [2.45, 2.75) is 0 Å². The Labute approximate surface area is 115 Å². The fourth-order valence-corrected chi connectivity index (χ4v) is 2.38. The minimum atomic E-state index is -1.13. The minimum absolute atomic E-state index is 0.112. The largest absolute Gasteiger partial charge is 0.477 e. The normalized spacial score (nSPS) is 10.1. The molecule has 92 valence electrons. The number of aromatic nitrogens is 1. The van der Waals surface area contributed by atoms with Crippen LogP contribution in [0, 0.1) is 0 Å². The van der Waals surface area contributed by atoms with Crippen LogP contribution in [0.25, 0.3) is 0 Å². The van der Waals surface area contributed by atoms with Gasteiger partial charge in [-0.05, 0) is 34.1 Å². The monoisotopic (exact) mass is 326 g/mol. The lowest BCUT2D eigenvalue weighted by atomic mass is 10.3. The first-order valence-corrected chi connectivity index (χ1v) is 6.49. The molecule has 0 fully saturated rings. The van der Waals surface area contributed by atoms with Crippen LogP contribution in [-0.2, 0) is 0 Å². The maximum absolute atomic E-state index is 11.8. The smallest absolute Gasteiger partial charge is 0.354 e. The number of anilines is 1. The lowest BCUT2D eigenvalue weighted by molar-refractivity contribution is 0.0690. The zero-order chi connectivity index (χ0) is 13.1. The first kappa shape index (κ1) is 12.7. The third-order valence-electron chi connectivity index (χ3n) is 2.04. The summed E-state index contributed by atoms with van der Waals surface area (Å²) in [5.41, 5.74) is 0.383. The van der Waals surface area contributed by atoms with Gasteiger partial charge >= 0.3 is 5.97 Å². The quantitative estimate of drug-likeness (QED) is 0.908. The number of carbonyl (C=O) groups is 2. The molecular weight excluding hydrogens is 320 g/mol. The van der Waals surface area contributed by atoms with E-state index >= 15 is 0 Å². The topological polar surface area (TPSA) is 79.3 Å². The number of halogens is 1. The molecule has 1 amide bonds. The molecule has 0 aromatic carbocycles. The summed E-state index contributed by atoms with van der Waals surface area (Å²) < 4.78 is 0.847. The second-order valence-corrected chi connectivity index (χ2v) is 5.60. The van der Waals surface area contributed by atoms with Gasteiger partial charge in [0.1, 0.15) is 5.82 Å². The number of carbonyl (C=O) groups excluding carboxylic acids is 1. The second-order valence-electron chi connectivity index (χ2n) is 3.31. The molecule has 0 saturated carbocycles. The summed E-state index contributed by atoms with van der Waals surface area (Å²) in [6.45, 7) is 0. The highest BCUT2D eigenvalue weighted by Gasteiger charge is 2.10. The summed E-state index contributed by atoms with van der Waals surface area (Å²) in [5, 5.41) is 13.0. The lowest BCUT2D eigenvalue weighted by Crippen LogP contribution is -2.13. The van der Waals surface area contributed by atoms with Crippen molar-refractivity contribution in [1.29, 1.82) is 0 Å². The number of hydrogen-bond donors (Lipinski definition) is 2. The van der Waals surface area contributed by atoms with Crippen molar-refractivity contribution >= 4 is 45.0 Å². The fourth-order valence-electron chi connectivity index (χ4n) is 1.24. The Balaban J connectivity index is 2.16. The van der Waals surface area contributed by atoms with Crippen LogP contribution >= 0.6 is 27.3 Å². The van der Waals surface area contributed by atoms with E-state index in [1.807, 2.05) is 0 Å². The number of thiophene rings is 1. The van der Waals surface area contributed by atoms with Crippen molar-refractivity contribution in [1.82, 2.24) is 4.98 Å². The molecule has 0 atom stereocenters. The van der Waals surface area contributed by atoms with Crippen LogP contribution in [0.1, 0.15) is 20.8 Å². The molecular formula is C11H7BrN2O3S. The molecule has 0 aliphatic carbocycles. The van der Waals surface area contributed by atoms with Crippen LogP contribution in [0.3, 0.4) is 0 Å². The number of carboxylic acids is 1. The van der Waals surface area contributed by atoms with Crippen LogP contribution < -0.4 is 5.32 Å². The van der Waals surface area contributed by atoms with E-state index in [9.17, 15) is 9.59 Å². The molecule has 5 nitrogen and oxygen atoms in total. The molecule has 0 aliphatic heterocycles. The molecule has 2 heterocycles. The number of aromatic carboxylic acids is 1. The molecule has 0 saturated heterocycles. The molecule has 0 bridgehead atoms. The van der Waals surface area contributed by atoms with Crippen LogP contribution in [0.15, 0.2) is 33.4 Å². The first-order chi connectivity index (χ1) is 8.56. The van der Waals surface area contributed by atoms with Crippen molar-refractivity contribution in [3.63, 3.8) is 0 Å². The summed E-state index contributed by atoms with van der Waals surface area (Å²) in [6.07, 6.45) is 0. The van der Waals surface area contributed by atoms with Gasteiger partial charge < -0.3 is 10.4 Å². The molecule has 2 aromatic rings. The Morgan fingerprint density at radius 1 is 1.39 bits per heavy atom. The van der Waals surface area contributed by atoms with Gasteiger partial charge in [0, 0.05) is 5.38 Å². The van der Waals surface area contributed by atoms with E-state index in [1.54, 1.807) is 11.4 Å². The minimum Gasteiger partial charge on any atom is -0.477 e. The average molecular weight is 327 g/mol. The predicted octanol–water partition coefficient (Wildman–Crippen LogP) is 2.86. The number of rotatable bonds is 3. The number of hydrogen-bond acceptors (Lipinski definition) is 4. The van der Waals surface area contributed by atoms with E-state index in [2.05, 4.69) is 26.2 Å². The average Bonchev–Trinajstić information content (AvgIpc) is 2.76. The number of carboxylic acid groups (broad SMARTS) is 1. The van der Waals surface area contributed by atoms with Crippen molar-refractivity contribution < 1.29 is 14.7 Å². The molecule has 0 unspecified atom stereocenters. The molecule has 0 spiro atoms. The van der Waals surface area contributed by atoms with Crippen molar-refractivity contribution in [2.75, 3.05) is 5.32 Å². The maximum Gasteiger partial charge on any atom is 0.354 e. The maximum atomic E-state index is 11.8. The third kappa shape index (κ3) is 2.93. The number of amides is 1. The third-order valence-corrected chi connectivity index (χ3v) is 3.54. The Kier molecular flexibility index (Phi) is 3.73. The van der Waals surface area contributed by atoms with Crippen molar-refractivity contribution in [2.24, 2.45) is 0 Å².